The summed E-state index contributed by atoms with van der Waals surface area (Å²) in [4.78, 5) is 0. The molecule has 0 spiro atoms. The first-order chi connectivity index (χ1) is 8.34. The number of hydrogen-bond donors (Lipinski definition) is 3. The van der Waals surface area contributed by atoms with Gasteiger partial charge in [-0.3, -0.25) is 4.72 Å². The molecule has 0 aliphatic heterocycles. The van der Waals surface area contributed by atoms with Crippen LogP contribution in [0.15, 0.2) is 18.2 Å². The van der Waals surface area contributed by atoms with Crippen LogP contribution in [0.5, 0.6) is 5.75 Å². The summed E-state index contributed by atoms with van der Waals surface area (Å²) in [5.41, 5.74) is 6.36. The van der Waals surface area contributed by atoms with Crippen molar-refractivity contribution in [2.75, 3.05) is 24.1 Å². The Balaban J connectivity index is 2.78. The molecule has 0 aliphatic carbocycles. The Morgan fingerprint density at radius 1 is 1.39 bits per heavy atom. The monoisotopic (exact) mass is 273 g/mol. The summed E-state index contributed by atoms with van der Waals surface area (Å²) in [5, 5.41) is 0. The molecule has 0 heterocycles. The third-order valence-electron chi connectivity index (χ3n) is 2.18. The van der Waals surface area contributed by atoms with E-state index in [4.69, 9.17) is 10.5 Å². The van der Waals surface area contributed by atoms with Gasteiger partial charge in [-0.05, 0) is 18.1 Å². The highest BCUT2D eigenvalue weighted by molar-refractivity contribution is 7.90. The van der Waals surface area contributed by atoms with Gasteiger partial charge in [0.25, 0.3) is 10.2 Å². The standard InChI is InChI=1S/C11H19N3O3S/c1-8(2)7-13-18(15,16)14-11-5-4-9(17-3)6-10(11)12/h4-6,8,13-14H,7,12H2,1-3H3. The minimum absolute atomic E-state index is 0.231. The summed E-state index contributed by atoms with van der Waals surface area (Å²) >= 11 is 0. The largest absolute Gasteiger partial charge is 0.497 e. The van der Waals surface area contributed by atoms with E-state index >= 15 is 0 Å². The van der Waals surface area contributed by atoms with Crippen molar-refractivity contribution >= 4 is 21.6 Å². The Morgan fingerprint density at radius 3 is 2.56 bits per heavy atom. The fourth-order valence-corrected chi connectivity index (χ4v) is 2.32. The van der Waals surface area contributed by atoms with Crippen LogP contribution < -0.4 is 19.9 Å². The number of hydrogen-bond acceptors (Lipinski definition) is 4. The summed E-state index contributed by atoms with van der Waals surface area (Å²) in [5.74, 6) is 0.806. The molecule has 0 amide bonds. The second-order valence-electron chi connectivity index (χ2n) is 4.30. The maximum atomic E-state index is 11.7. The van der Waals surface area contributed by atoms with E-state index in [1.807, 2.05) is 13.8 Å². The van der Waals surface area contributed by atoms with Crippen LogP contribution in [0.3, 0.4) is 0 Å². The minimum atomic E-state index is -3.59. The van der Waals surface area contributed by atoms with Crippen molar-refractivity contribution in [2.45, 2.75) is 13.8 Å². The Labute approximate surface area is 108 Å². The summed E-state index contributed by atoms with van der Waals surface area (Å²) in [6.45, 7) is 4.21. The van der Waals surface area contributed by atoms with E-state index < -0.39 is 10.2 Å². The van der Waals surface area contributed by atoms with Gasteiger partial charge in [-0.1, -0.05) is 13.8 Å². The van der Waals surface area contributed by atoms with E-state index in [2.05, 4.69) is 9.44 Å². The molecule has 0 unspecified atom stereocenters. The van der Waals surface area contributed by atoms with E-state index in [0.717, 1.165) is 0 Å². The van der Waals surface area contributed by atoms with Crippen LogP contribution in [0.1, 0.15) is 13.8 Å². The molecular weight excluding hydrogens is 254 g/mol. The highest BCUT2D eigenvalue weighted by atomic mass is 32.2. The van der Waals surface area contributed by atoms with Crippen LogP contribution >= 0.6 is 0 Å². The Hall–Kier alpha value is -1.47. The molecule has 7 heteroatoms. The lowest BCUT2D eigenvalue weighted by atomic mass is 10.2. The summed E-state index contributed by atoms with van der Waals surface area (Å²) in [6, 6.07) is 4.75. The number of benzene rings is 1. The topological polar surface area (TPSA) is 93.4 Å². The van der Waals surface area contributed by atoms with Crippen molar-refractivity contribution < 1.29 is 13.2 Å². The van der Waals surface area contributed by atoms with Crippen LogP contribution in [0.4, 0.5) is 11.4 Å². The van der Waals surface area contributed by atoms with Gasteiger partial charge < -0.3 is 10.5 Å². The second kappa shape index (κ2) is 5.92. The van der Waals surface area contributed by atoms with Crippen molar-refractivity contribution in [1.82, 2.24) is 4.72 Å². The molecule has 0 fully saturated rings. The molecule has 6 nitrogen and oxygen atoms in total. The number of ether oxygens (including phenoxy) is 1. The van der Waals surface area contributed by atoms with E-state index in [-0.39, 0.29) is 5.92 Å². The minimum Gasteiger partial charge on any atom is -0.497 e. The van der Waals surface area contributed by atoms with Gasteiger partial charge in [-0.2, -0.15) is 13.1 Å². The van der Waals surface area contributed by atoms with Gasteiger partial charge in [0, 0.05) is 12.6 Å². The predicted octanol–water partition coefficient (Wildman–Crippen LogP) is 1.18. The van der Waals surface area contributed by atoms with Crippen LogP contribution in [0, 0.1) is 5.92 Å². The molecule has 0 radical (unpaired) electrons. The maximum Gasteiger partial charge on any atom is 0.299 e. The van der Waals surface area contributed by atoms with E-state index in [1.165, 1.54) is 7.11 Å². The zero-order valence-corrected chi connectivity index (χ0v) is 11.5. The first-order valence-corrected chi connectivity index (χ1v) is 7.03. The van der Waals surface area contributed by atoms with Crippen molar-refractivity contribution in [1.29, 1.82) is 0 Å². The van der Waals surface area contributed by atoms with Gasteiger partial charge in [0.05, 0.1) is 18.5 Å². The van der Waals surface area contributed by atoms with E-state index in [0.29, 0.717) is 23.7 Å². The molecule has 0 bridgehead atoms. The van der Waals surface area contributed by atoms with Gasteiger partial charge in [0.15, 0.2) is 0 Å². The number of nitrogens with one attached hydrogen (secondary N) is 2. The lowest BCUT2D eigenvalue weighted by Crippen LogP contribution is -2.33. The molecule has 1 rings (SSSR count). The molecule has 18 heavy (non-hydrogen) atoms. The number of rotatable bonds is 6. The van der Waals surface area contributed by atoms with Crippen molar-refractivity contribution in [3.05, 3.63) is 18.2 Å². The number of nitrogen functional groups attached to an aromatic ring is 1. The second-order valence-corrected chi connectivity index (χ2v) is 5.80. The Morgan fingerprint density at radius 2 is 2.06 bits per heavy atom. The first kappa shape index (κ1) is 14.6. The average Bonchev–Trinajstić information content (AvgIpc) is 2.29. The fraction of sp³-hybridized carbons (Fsp3) is 0.455. The van der Waals surface area contributed by atoms with Crippen molar-refractivity contribution in [2.24, 2.45) is 5.92 Å². The predicted molar refractivity (Wildman–Crippen MR) is 72.8 cm³/mol. The fourth-order valence-electron chi connectivity index (χ4n) is 1.22. The maximum absolute atomic E-state index is 11.7. The van der Waals surface area contributed by atoms with E-state index in [9.17, 15) is 8.42 Å². The van der Waals surface area contributed by atoms with Crippen molar-refractivity contribution in [3.63, 3.8) is 0 Å². The quantitative estimate of drug-likeness (QED) is 0.678. The molecule has 0 saturated heterocycles. The SMILES string of the molecule is COc1ccc(NS(=O)(=O)NCC(C)C)c(N)c1. The molecular formula is C11H19N3O3S. The van der Waals surface area contributed by atoms with Crippen molar-refractivity contribution in [3.8, 4) is 5.75 Å². The number of nitrogens with two attached hydrogens (primary N) is 1. The van der Waals surface area contributed by atoms with Gasteiger partial charge in [0.1, 0.15) is 5.75 Å². The van der Waals surface area contributed by atoms with Gasteiger partial charge >= 0.3 is 0 Å². The molecule has 4 N–H and O–H groups in total. The summed E-state index contributed by atoms with van der Waals surface area (Å²) in [7, 11) is -2.08. The molecule has 0 aliphatic rings. The highest BCUT2D eigenvalue weighted by Crippen LogP contribution is 2.24. The summed E-state index contributed by atoms with van der Waals surface area (Å²) in [6.07, 6.45) is 0. The lowest BCUT2D eigenvalue weighted by molar-refractivity contribution is 0.415. The Kier molecular flexibility index (Phi) is 4.80. The molecule has 1 aromatic rings. The number of anilines is 2. The third-order valence-corrected chi connectivity index (χ3v) is 3.22. The zero-order valence-electron chi connectivity index (χ0n) is 10.7. The van der Waals surface area contributed by atoms with Crippen LogP contribution in [0.2, 0.25) is 0 Å². The normalized spacial score (nSPS) is 11.6. The lowest BCUT2D eigenvalue weighted by Gasteiger charge is -2.13. The van der Waals surface area contributed by atoms with Crippen LogP contribution in [-0.2, 0) is 10.2 Å². The molecule has 0 saturated carbocycles. The molecule has 102 valence electrons. The molecule has 0 atom stereocenters. The molecule has 0 aromatic heterocycles. The van der Waals surface area contributed by atoms with Gasteiger partial charge in [-0.15, -0.1) is 0 Å². The van der Waals surface area contributed by atoms with E-state index in [1.54, 1.807) is 18.2 Å². The van der Waals surface area contributed by atoms with Crippen LogP contribution in [-0.4, -0.2) is 22.1 Å². The number of methoxy groups -OCH3 is 1. The molecule has 1 aromatic carbocycles. The highest BCUT2D eigenvalue weighted by Gasteiger charge is 2.12. The zero-order chi connectivity index (χ0) is 13.8. The van der Waals surface area contributed by atoms with Crippen LogP contribution in [0.25, 0.3) is 0 Å². The van der Waals surface area contributed by atoms with Gasteiger partial charge in [0.2, 0.25) is 0 Å². The van der Waals surface area contributed by atoms with Gasteiger partial charge in [-0.25, -0.2) is 0 Å². The third kappa shape index (κ3) is 4.42. The summed E-state index contributed by atoms with van der Waals surface area (Å²) < 4.78 is 33.2. The smallest absolute Gasteiger partial charge is 0.299 e. The Bertz CT molecular complexity index is 500. The first-order valence-electron chi connectivity index (χ1n) is 5.55. The average molecular weight is 273 g/mol.